The van der Waals surface area contributed by atoms with Gasteiger partial charge in [-0.1, -0.05) is 0 Å². The number of nitrogens with one attached hydrogen (secondary N) is 1. The van der Waals surface area contributed by atoms with Crippen LogP contribution in [0.25, 0.3) is 0 Å². The second-order valence-electron chi connectivity index (χ2n) is 8.09. The number of aliphatic imine (C=N–C) groups is 1. The van der Waals surface area contributed by atoms with E-state index in [0.29, 0.717) is 6.54 Å². The minimum absolute atomic E-state index is 0.247. The molecule has 0 aliphatic carbocycles. The second kappa shape index (κ2) is 11.4. The molecule has 1 N–H and O–H groups in total. The molecule has 7 nitrogen and oxygen atoms in total. The highest BCUT2D eigenvalue weighted by molar-refractivity contribution is 5.79. The van der Waals surface area contributed by atoms with Crippen LogP contribution >= 0.6 is 0 Å². The van der Waals surface area contributed by atoms with Crippen LogP contribution in [0.5, 0.6) is 0 Å². The van der Waals surface area contributed by atoms with E-state index in [-0.39, 0.29) is 6.10 Å². The average Bonchev–Trinajstić information content (AvgIpc) is 2.76. The van der Waals surface area contributed by atoms with Gasteiger partial charge in [-0.2, -0.15) is 0 Å². The van der Waals surface area contributed by atoms with Crippen LogP contribution in [-0.2, 0) is 16.0 Å². The molecule has 7 heteroatoms. The Labute approximate surface area is 175 Å². The van der Waals surface area contributed by atoms with Gasteiger partial charge in [-0.3, -0.25) is 0 Å². The lowest BCUT2D eigenvalue weighted by molar-refractivity contribution is 0.0529. The van der Waals surface area contributed by atoms with Crippen LogP contribution in [0.1, 0.15) is 38.7 Å². The Bertz CT molecular complexity index is 648. The zero-order valence-corrected chi connectivity index (χ0v) is 18.3. The van der Waals surface area contributed by atoms with Crippen LogP contribution in [0, 0.1) is 5.92 Å². The molecule has 0 amide bonds. The summed E-state index contributed by atoms with van der Waals surface area (Å²) in [7, 11) is 2.13. The molecule has 0 radical (unpaired) electrons. The molecule has 29 heavy (non-hydrogen) atoms. The summed E-state index contributed by atoms with van der Waals surface area (Å²) in [6, 6.07) is 4.22. The number of rotatable bonds is 7. The molecule has 162 valence electrons. The highest BCUT2D eigenvalue weighted by Gasteiger charge is 2.18. The molecule has 3 heterocycles. The molecule has 1 atom stereocenters. The highest BCUT2D eigenvalue weighted by Crippen LogP contribution is 2.19. The fraction of sp³-hybridized carbons (Fsp3) is 0.727. The zero-order valence-electron chi connectivity index (χ0n) is 18.3. The predicted molar refractivity (Wildman–Crippen MR) is 117 cm³/mol. The van der Waals surface area contributed by atoms with Crippen LogP contribution < -0.4 is 10.2 Å². The van der Waals surface area contributed by atoms with Crippen molar-refractivity contribution in [3.8, 4) is 0 Å². The number of pyridine rings is 1. The van der Waals surface area contributed by atoms with Gasteiger partial charge in [0.15, 0.2) is 5.96 Å². The normalized spacial score (nSPS) is 21.3. The third kappa shape index (κ3) is 6.85. The summed E-state index contributed by atoms with van der Waals surface area (Å²) >= 11 is 0. The fourth-order valence-corrected chi connectivity index (χ4v) is 3.91. The van der Waals surface area contributed by atoms with E-state index in [0.717, 1.165) is 63.7 Å². The largest absolute Gasteiger partial charge is 0.381 e. The van der Waals surface area contributed by atoms with Crippen LogP contribution in [-0.4, -0.2) is 75.0 Å². The van der Waals surface area contributed by atoms with E-state index in [1.165, 1.54) is 24.8 Å². The molecule has 3 rings (SSSR count). The Morgan fingerprint density at radius 3 is 2.93 bits per heavy atom. The quantitative estimate of drug-likeness (QED) is 0.558. The van der Waals surface area contributed by atoms with Gasteiger partial charge in [0, 0.05) is 52.6 Å². The van der Waals surface area contributed by atoms with E-state index in [2.05, 4.69) is 53.1 Å². The molecule has 0 saturated carbocycles. The first-order chi connectivity index (χ1) is 14.2. The first-order valence-electron chi connectivity index (χ1n) is 11.0. The number of morpholine rings is 1. The van der Waals surface area contributed by atoms with Gasteiger partial charge in [-0.05, 0) is 56.7 Å². The van der Waals surface area contributed by atoms with Crippen molar-refractivity contribution in [1.82, 2.24) is 15.2 Å². The summed E-state index contributed by atoms with van der Waals surface area (Å²) < 4.78 is 11.1. The Kier molecular flexibility index (Phi) is 8.55. The average molecular weight is 404 g/mol. The highest BCUT2D eigenvalue weighted by atomic mass is 16.5. The van der Waals surface area contributed by atoms with Crippen LogP contribution in [0.3, 0.4) is 0 Å². The van der Waals surface area contributed by atoms with E-state index in [1.54, 1.807) is 0 Å². The van der Waals surface area contributed by atoms with Crippen molar-refractivity contribution < 1.29 is 9.47 Å². The molecule has 1 aromatic heterocycles. The smallest absolute Gasteiger partial charge is 0.193 e. The molecule has 2 saturated heterocycles. The van der Waals surface area contributed by atoms with Crippen molar-refractivity contribution in [2.45, 2.75) is 45.8 Å². The summed E-state index contributed by atoms with van der Waals surface area (Å²) in [5, 5.41) is 3.43. The molecule has 0 aromatic carbocycles. The number of hydrogen-bond donors (Lipinski definition) is 1. The topological polar surface area (TPSA) is 62.2 Å². The van der Waals surface area contributed by atoms with Crippen LogP contribution in [0.15, 0.2) is 23.3 Å². The minimum atomic E-state index is 0.247. The summed E-state index contributed by atoms with van der Waals surface area (Å²) in [5.41, 5.74) is 1.18. The fourth-order valence-electron chi connectivity index (χ4n) is 3.91. The molecule has 2 fully saturated rings. The molecule has 1 unspecified atom stereocenters. The third-order valence-electron chi connectivity index (χ3n) is 5.70. The number of anilines is 1. The Hall–Kier alpha value is -1.86. The number of hydrogen-bond acceptors (Lipinski definition) is 5. The monoisotopic (exact) mass is 403 g/mol. The lowest BCUT2D eigenvalue weighted by Crippen LogP contribution is -2.41. The summed E-state index contributed by atoms with van der Waals surface area (Å²) in [5.74, 6) is 2.76. The van der Waals surface area contributed by atoms with Gasteiger partial charge in [0.05, 0.1) is 19.3 Å². The summed E-state index contributed by atoms with van der Waals surface area (Å²) in [6.07, 6.45) is 5.70. The molecular formula is C22H37N5O2. The maximum absolute atomic E-state index is 5.65. The van der Waals surface area contributed by atoms with Crippen molar-refractivity contribution in [2.75, 3.05) is 57.9 Å². The first-order valence-corrected chi connectivity index (χ1v) is 11.0. The minimum Gasteiger partial charge on any atom is -0.381 e. The maximum atomic E-state index is 5.65. The lowest BCUT2D eigenvalue weighted by Gasteiger charge is -2.32. The molecule has 0 spiro atoms. The van der Waals surface area contributed by atoms with Crippen molar-refractivity contribution in [2.24, 2.45) is 10.9 Å². The number of aromatic nitrogens is 1. The first kappa shape index (κ1) is 21.8. The van der Waals surface area contributed by atoms with Crippen molar-refractivity contribution >= 4 is 11.8 Å². The van der Waals surface area contributed by atoms with Gasteiger partial charge in [0.2, 0.25) is 0 Å². The third-order valence-corrected chi connectivity index (χ3v) is 5.70. The van der Waals surface area contributed by atoms with Gasteiger partial charge >= 0.3 is 0 Å². The van der Waals surface area contributed by atoms with Crippen molar-refractivity contribution in [1.29, 1.82) is 0 Å². The number of ether oxygens (including phenoxy) is 2. The van der Waals surface area contributed by atoms with E-state index in [1.807, 2.05) is 6.20 Å². The predicted octanol–water partition coefficient (Wildman–Crippen LogP) is 2.52. The lowest BCUT2D eigenvalue weighted by atomic mass is 9.96. The van der Waals surface area contributed by atoms with Gasteiger partial charge in [0.1, 0.15) is 5.82 Å². The second-order valence-corrected chi connectivity index (χ2v) is 8.09. The Morgan fingerprint density at radius 1 is 1.34 bits per heavy atom. The van der Waals surface area contributed by atoms with Gasteiger partial charge in [-0.25, -0.2) is 9.98 Å². The zero-order chi connectivity index (χ0) is 20.5. The summed E-state index contributed by atoms with van der Waals surface area (Å²) in [6.45, 7) is 11.1. The SMILES string of the molecule is CCNC(=NCc1ccnc(N2CCOC(C)C2)c1)N(C)CCC1CCOCC1. The van der Waals surface area contributed by atoms with Crippen molar-refractivity contribution in [3.05, 3.63) is 23.9 Å². The van der Waals surface area contributed by atoms with E-state index < -0.39 is 0 Å². The molecule has 2 aliphatic rings. The van der Waals surface area contributed by atoms with E-state index in [9.17, 15) is 0 Å². The number of guanidine groups is 1. The van der Waals surface area contributed by atoms with Crippen molar-refractivity contribution in [3.63, 3.8) is 0 Å². The molecule has 2 aliphatic heterocycles. The van der Waals surface area contributed by atoms with Gasteiger partial charge in [-0.15, -0.1) is 0 Å². The van der Waals surface area contributed by atoms with Gasteiger partial charge < -0.3 is 24.6 Å². The van der Waals surface area contributed by atoms with Crippen LogP contribution in [0.4, 0.5) is 5.82 Å². The van der Waals surface area contributed by atoms with Gasteiger partial charge in [0.25, 0.3) is 0 Å². The molecule has 1 aromatic rings. The van der Waals surface area contributed by atoms with Crippen LogP contribution in [0.2, 0.25) is 0 Å². The van der Waals surface area contributed by atoms with E-state index in [4.69, 9.17) is 14.5 Å². The Morgan fingerprint density at radius 2 is 2.17 bits per heavy atom. The number of nitrogens with zero attached hydrogens (tertiary/aromatic N) is 4. The maximum Gasteiger partial charge on any atom is 0.193 e. The molecule has 0 bridgehead atoms. The van der Waals surface area contributed by atoms with E-state index >= 15 is 0 Å². The molecular weight excluding hydrogens is 366 g/mol. The Balaban J connectivity index is 1.58. The summed E-state index contributed by atoms with van der Waals surface area (Å²) in [4.78, 5) is 14.0. The standard InChI is InChI=1S/C22H37N5O2/c1-4-23-22(26(3)10-6-19-7-12-28-13-8-19)25-16-20-5-9-24-21(15-20)27-11-14-29-18(2)17-27/h5,9,15,18-19H,4,6-8,10-14,16-17H2,1-3H3,(H,23,25).